The lowest BCUT2D eigenvalue weighted by molar-refractivity contribution is 0.00653. The van der Waals surface area contributed by atoms with Crippen molar-refractivity contribution < 1.29 is 9.84 Å². The van der Waals surface area contributed by atoms with Crippen LogP contribution in [0.15, 0.2) is 0 Å². The fourth-order valence-corrected chi connectivity index (χ4v) is 1.32. The van der Waals surface area contributed by atoms with E-state index in [2.05, 4.69) is 0 Å². The summed E-state index contributed by atoms with van der Waals surface area (Å²) in [5.74, 6) is 0. The van der Waals surface area contributed by atoms with Gasteiger partial charge in [-0.15, -0.1) is 24.0 Å². The molecule has 1 aliphatic heterocycles. The van der Waals surface area contributed by atoms with Gasteiger partial charge in [-0.2, -0.15) is 0 Å². The molecule has 1 saturated heterocycles. The van der Waals surface area contributed by atoms with E-state index in [1.54, 1.807) is 6.92 Å². The fraction of sp³-hybridized carbons (Fsp3) is 1.00. The second-order valence-electron chi connectivity index (χ2n) is 2.76. The number of halogens is 2. The van der Waals surface area contributed by atoms with Crippen LogP contribution < -0.4 is 0 Å². The van der Waals surface area contributed by atoms with Gasteiger partial charge in [0.05, 0.1) is 19.3 Å². The zero-order valence-corrected chi connectivity index (χ0v) is 8.64. The maximum atomic E-state index is 9.16. The quantitative estimate of drug-likeness (QED) is 0.544. The van der Waals surface area contributed by atoms with Crippen molar-refractivity contribution in [3.63, 3.8) is 0 Å². The van der Waals surface area contributed by atoms with Gasteiger partial charge in [0.15, 0.2) is 0 Å². The smallest absolute Gasteiger partial charge is 0.111 e. The van der Waals surface area contributed by atoms with Gasteiger partial charge in [0, 0.05) is 13.1 Å². The summed E-state index contributed by atoms with van der Waals surface area (Å²) in [5, 5.41) is 9.16. The van der Waals surface area contributed by atoms with Crippen LogP contribution in [0.4, 0.5) is 0 Å². The van der Waals surface area contributed by atoms with Crippen LogP contribution in [0.2, 0.25) is 0 Å². The SMILES string of the molecule is CC(O)C(Cl)N1CCOCC1.Cl. The molecule has 0 aromatic rings. The average Bonchev–Trinajstić information content (AvgIpc) is 2.05. The first-order valence-electron chi connectivity index (χ1n) is 3.86. The normalized spacial score (nSPS) is 24.2. The lowest BCUT2D eigenvalue weighted by atomic mass is 10.3. The second-order valence-corrected chi connectivity index (χ2v) is 3.21. The molecule has 0 spiro atoms. The number of hydrogen-bond acceptors (Lipinski definition) is 3. The molecule has 0 radical (unpaired) electrons. The Kier molecular flexibility index (Phi) is 6.23. The van der Waals surface area contributed by atoms with Crippen molar-refractivity contribution in [2.45, 2.75) is 18.5 Å². The van der Waals surface area contributed by atoms with E-state index in [0.29, 0.717) is 0 Å². The monoisotopic (exact) mass is 215 g/mol. The summed E-state index contributed by atoms with van der Waals surface area (Å²) < 4.78 is 5.15. The van der Waals surface area contributed by atoms with Crippen LogP contribution in [0.5, 0.6) is 0 Å². The van der Waals surface area contributed by atoms with Crippen molar-refractivity contribution in [1.82, 2.24) is 4.90 Å². The third-order valence-electron chi connectivity index (χ3n) is 1.79. The molecule has 0 bridgehead atoms. The molecule has 0 saturated carbocycles. The molecule has 0 aromatic heterocycles. The summed E-state index contributed by atoms with van der Waals surface area (Å²) in [5.41, 5.74) is -0.265. The summed E-state index contributed by atoms with van der Waals surface area (Å²) >= 11 is 5.91. The van der Waals surface area contributed by atoms with Gasteiger partial charge < -0.3 is 9.84 Å². The lowest BCUT2D eigenvalue weighted by Gasteiger charge is -2.31. The number of hydrogen-bond donors (Lipinski definition) is 1. The Balaban J connectivity index is 0.00000121. The maximum Gasteiger partial charge on any atom is 0.111 e. The zero-order chi connectivity index (χ0) is 8.27. The third-order valence-corrected chi connectivity index (χ3v) is 2.43. The molecule has 0 amide bonds. The third kappa shape index (κ3) is 3.46. The summed E-state index contributed by atoms with van der Waals surface area (Å²) in [7, 11) is 0. The van der Waals surface area contributed by atoms with E-state index < -0.39 is 6.10 Å². The molecule has 12 heavy (non-hydrogen) atoms. The van der Waals surface area contributed by atoms with Crippen LogP contribution in [0, 0.1) is 0 Å². The molecule has 1 heterocycles. The van der Waals surface area contributed by atoms with E-state index in [4.69, 9.17) is 21.4 Å². The number of nitrogens with zero attached hydrogens (tertiary/aromatic N) is 1. The average molecular weight is 216 g/mol. The van der Waals surface area contributed by atoms with Crippen molar-refractivity contribution in [2.75, 3.05) is 26.3 Å². The molecule has 1 aliphatic rings. The Morgan fingerprint density at radius 1 is 1.42 bits per heavy atom. The number of alkyl halides is 1. The molecule has 0 aromatic carbocycles. The highest BCUT2D eigenvalue weighted by Crippen LogP contribution is 2.11. The Labute approximate surface area is 84.0 Å². The standard InChI is InChI=1S/C7H14ClNO2.ClH/c1-6(10)7(8)9-2-4-11-5-3-9;/h6-7,10H,2-5H2,1H3;1H. The molecular formula is C7H15Cl2NO2. The molecule has 2 atom stereocenters. The number of ether oxygens (including phenoxy) is 1. The van der Waals surface area contributed by atoms with Crippen molar-refractivity contribution in [1.29, 1.82) is 0 Å². The number of morpholine rings is 1. The van der Waals surface area contributed by atoms with E-state index in [-0.39, 0.29) is 17.9 Å². The first-order chi connectivity index (χ1) is 5.22. The highest BCUT2D eigenvalue weighted by Gasteiger charge is 2.21. The van der Waals surface area contributed by atoms with Crippen LogP contribution in [0.3, 0.4) is 0 Å². The number of aliphatic hydroxyl groups excluding tert-OH is 1. The molecule has 1 rings (SSSR count). The van der Waals surface area contributed by atoms with E-state index >= 15 is 0 Å². The van der Waals surface area contributed by atoms with Crippen LogP contribution in [0.25, 0.3) is 0 Å². The van der Waals surface area contributed by atoms with Gasteiger partial charge in [-0.25, -0.2) is 0 Å². The summed E-state index contributed by atoms with van der Waals surface area (Å²) in [6, 6.07) is 0. The van der Waals surface area contributed by atoms with Crippen LogP contribution in [-0.4, -0.2) is 47.9 Å². The highest BCUT2D eigenvalue weighted by molar-refractivity contribution is 6.20. The number of aliphatic hydroxyl groups is 1. The summed E-state index contributed by atoms with van der Waals surface area (Å²) in [6.45, 7) is 4.77. The maximum absolute atomic E-state index is 9.16. The van der Waals surface area contributed by atoms with Gasteiger partial charge in [-0.3, -0.25) is 4.90 Å². The van der Waals surface area contributed by atoms with Crippen molar-refractivity contribution in [2.24, 2.45) is 0 Å². The lowest BCUT2D eigenvalue weighted by Crippen LogP contribution is -2.45. The molecular weight excluding hydrogens is 201 g/mol. The first kappa shape index (κ1) is 12.5. The van der Waals surface area contributed by atoms with Gasteiger partial charge in [0.25, 0.3) is 0 Å². The van der Waals surface area contributed by atoms with Crippen molar-refractivity contribution in [3.05, 3.63) is 0 Å². The van der Waals surface area contributed by atoms with E-state index in [1.165, 1.54) is 0 Å². The van der Waals surface area contributed by atoms with Crippen molar-refractivity contribution in [3.8, 4) is 0 Å². The minimum atomic E-state index is -0.477. The molecule has 5 heteroatoms. The summed E-state index contributed by atoms with van der Waals surface area (Å²) in [4.78, 5) is 2.02. The molecule has 1 N–H and O–H groups in total. The molecule has 2 unspecified atom stereocenters. The van der Waals surface area contributed by atoms with E-state index in [0.717, 1.165) is 26.3 Å². The summed E-state index contributed by atoms with van der Waals surface area (Å²) in [6.07, 6.45) is -0.477. The van der Waals surface area contributed by atoms with Gasteiger partial charge in [-0.05, 0) is 6.92 Å². The number of rotatable bonds is 2. The Bertz CT molecular complexity index is 118. The van der Waals surface area contributed by atoms with Crippen LogP contribution >= 0.6 is 24.0 Å². The Morgan fingerprint density at radius 2 is 1.92 bits per heavy atom. The minimum Gasteiger partial charge on any atom is -0.390 e. The highest BCUT2D eigenvalue weighted by atomic mass is 35.5. The van der Waals surface area contributed by atoms with E-state index in [9.17, 15) is 0 Å². The van der Waals surface area contributed by atoms with Gasteiger partial charge in [-0.1, -0.05) is 0 Å². The molecule has 3 nitrogen and oxygen atoms in total. The zero-order valence-electron chi connectivity index (χ0n) is 7.07. The van der Waals surface area contributed by atoms with Gasteiger partial charge >= 0.3 is 0 Å². The fourth-order valence-electron chi connectivity index (χ4n) is 1.13. The minimum absolute atomic E-state index is 0. The predicted molar refractivity (Wildman–Crippen MR) is 51.0 cm³/mol. The first-order valence-corrected chi connectivity index (χ1v) is 4.29. The second kappa shape index (κ2) is 6.00. The van der Waals surface area contributed by atoms with Crippen molar-refractivity contribution >= 4 is 24.0 Å². The predicted octanol–water partition coefficient (Wildman–Crippen LogP) is 0.686. The van der Waals surface area contributed by atoms with E-state index in [1.807, 2.05) is 4.90 Å². The Morgan fingerprint density at radius 3 is 2.33 bits per heavy atom. The topological polar surface area (TPSA) is 32.7 Å². The van der Waals surface area contributed by atoms with Gasteiger partial charge in [0.2, 0.25) is 0 Å². The van der Waals surface area contributed by atoms with Gasteiger partial charge in [0.1, 0.15) is 5.50 Å². The Hall–Kier alpha value is 0.460. The largest absolute Gasteiger partial charge is 0.390 e. The van der Waals surface area contributed by atoms with Crippen LogP contribution in [-0.2, 0) is 4.74 Å². The molecule has 74 valence electrons. The molecule has 0 aliphatic carbocycles. The van der Waals surface area contributed by atoms with Crippen LogP contribution in [0.1, 0.15) is 6.92 Å². The molecule has 1 fully saturated rings.